The summed E-state index contributed by atoms with van der Waals surface area (Å²) in [6.45, 7) is 8.13. The molecule has 1 rings (SSSR count). The molecule has 0 N–H and O–H groups in total. The Balaban J connectivity index is 2.96. The quantitative estimate of drug-likeness (QED) is 0.762. The van der Waals surface area contributed by atoms with Crippen LogP contribution in [0.5, 0.6) is 0 Å². The van der Waals surface area contributed by atoms with Crippen molar-refractivity contribution in [2.24, 2.45) is 0 Å². The van der Waals surface area contributed by atoms with Gasteiger partial charge in [0.15, 0.2) is 0 Å². The van der Waals surface area contributed by atoms with E-state index in [-0.39, 0.29) is 17.9 Å². The minimum absolute atomic E-state index is 0.239. The fourth-order valence-corrected chi connectivity index (χ4v) is 1.99. The van der Waals surface area contributed by atoms with Crippen molar-refractivity contribution in [1.29, 1.82) is 0 Å². The molecule has 1 heterocycles. The third-order valence-corrected chi connectivity index (χ3v) is 2.82. The number of hydrogen-bond donors (Lipinski definition) is 0. The summed E-state index contributed by atoms with van der Waals surface area (Å²) in [5, 5.41) is 4.97. The highest BCUT2D eigenvalue weighted by Crippen LogP contribution is 2.25. The first-order valence-corrected chi connectivity index (χ1v) is 6.30. The first kappa shape index (κ1) is 14.0. The SMILES string of the molecule is CCOC(=O)C(CC)n1cc(Cl)c(C(C)C)n1. The molecule has 1 atom stereocenters. The molecule has 0 radical (unpaired) electrons. The fraction of sp³-hybridized carbons (Fsp3) is 0.667. The maximum atomic E-state index is 11.7. The molecule has 4 nitrogen and oxygen atoms in total. The summed E-state index contributed by atoms with van der Waals surface area (Å²) in [7, 11) is 0. The monoisotopic (exact) mass is 258 g/mol. The first-order chi connectivity index (χ1) is 8.01. The molecule has 0 bridgehead atoms. The van der Waals surface area contributed by atoms with Crippen LogP contribution in [0, 0.1) is 0 Å². The summed E-state index contributed by atoms with van der Waals surface area (Å²) < 4.78 is 6.62. The Hall–Kier alpha value is -1.03. The average molecular weight is 259 g/mol. The molecule has 0 aliphatic rings. The van der Waals surface area contributed by atoms with Crippen LogP contribution in [0.15, 0.2) is 6.20 Å². The van der Waals surface area contributed by atoms with E-state index in [2.05, 4.69) is 5.10 Å². The van der Waals surface area contributed by atoms with Crippen molar-refractivity contribution in [3.05, 3.63) is 16.9 Å². The smallest absolute Gasteiger partial charge is 0.330 e. The van der Waals surface area contributed by atoms with E-state index in [1.54, 1.807) is 17.8 Å². The van der Waals surface area contributed by atoms with Crippen molar-refractivity contribution in [2.75, 3.05) is 6.61 Å². The fourth-order valence-electron chi connectivity index (χ4n) is 1.63. The van der Waals surface area contributed by atoms with Crippen LogP contribution in [-0.2, 0) is 9.53 Å². The zero-order chi connectivity index (χ0) is 13.0. The van der Waals surface area contributed by atoms with Crippen molar-refractivity contribution in [3.63, 3.8) is 0 Å². The van der Waals surface area contributed by atoms with Gasteiger partial charge in [-0.1, -0.05) is 32.4 Å². The van der Waals surface area contributed by atoms with E-state index in [4.69, 9.17) is 16.3 Å². The van der Waals surface area contributed by atoms with Crippen LogP contribution in [0.1, 0.15) is 51.8 Å². The van der Waals surface area contributed by atoms with Gasteiger partial charge in [0.1, 0.15) is 6.04 Å². The number of hydrogen-bond acceptors (Lipinski definition) is 3. The molecule has 0 aromatic carbocycles. The van der Waals surface area contributed by atoms with E-state index in [0.717, 1.165) is 5.69 Å². The molecule has 1 unspecified atom stereocenters. The number of carbonyl (C=O) groups is 1. The van der Waals surface area contributed by atoms with Gasteiger partial charge in [0.05, 0.1) is 17.3 Å². The lowest BCUT2D eigenvalue weighted by Crippen LogP contribution is -2.22. The topological polar surface area (TPSA) is 44.1 Å². The van der Waals surface area contributed by atoms with E-state index in [0.29, 0.717) is 18.1 Å². The lowest BCUT2D eigenvalue weighted by molar-refractivity contribution is -0.147. The Morgan fingerprint density at radius 2 is 2.18 bits per heavy atom. The third kappa shape index (κ3) is 3.22. The molecule has 0 saturated carbocycles. The summed E-state index contributed by atoms with van der Waals surface area (Å²) in [5.41, 5.74) is 0.814. The van der Waals surface area contributed by atoms with Crippen LogP contribution < -0.4 is 0 Å². The number of carbonyl (C=O) groups excluding carboxylic acids is 1. The number of halogens is 1. The lowest BCUT2D eigenvalue weighted by Gasteiger charge is -2.13. The normalized spacial score (nSPS) is 12.8. The number of nitrogens with zero attached hydrogens (tertiary/aromatic N) is 2. The van der Waals surface area contributed by atoms with Crippen molar-refractivity contribution in [1.82, 2.24) is 9.78 Å². The number of rotatable bonds is 5. The second-order valence-electron chi connectivity index (χ2n) is 4.17. The molecule has 1 aromatic heterocycles. The summed E-state index contributed by atoms with van der Waals surface area (Å²) >= 11 is 6.09. The third-order valence-electron chi connectivity index (χ3n) is 2.53. The van der Waals surface area contributed by atoms with Crippen LogP contribution in [0.2, 0.25) is 5.02 Å². The summed E-state index contributed by atoms with van der Waals surface area (Å²) in [6, 6.07) is -0.389. The zero-order valence-electron chi connectivity index (χ0n) is 10.7. The van der Waals surface area contributed by atoms with Gasteiger partial charge < -0.3 is 4.74 Å². The maximum absolute atomic E-state index is 11.7. The largest absolute Gasteiger partial charge is 0.464 e. The number of ether oxygens (including phenoxy) is 1. The highest BCUT2D eigenvalue weighted by molar-refractivity contribution is 6.31. The van der Waals surface area contributed by atoms with Crippen molar-refractivity contribution in [3.8, 4) is 0 Å². The van der Waals surface area contributed by atoms with Gasteiger partial charge in [-0.05, 0) is 19.3 Å². The average Bonchev–Trinajstić information content (AvgIpc) is 2.62. The Kier molecular flexibility index (Phi) is 5.00. The number of aromatic nitrogens is 2. The Morgan fingerprint density at radius 1 is 1.53 bits per heavy atom. The first-order valence-electron chi connectivity index (χ1n) is 5.92. The minimum atomic E-state index is -0.389. The summed E-state index contributed by atoms with van der Waals surface area (Å²) in [4.78, 5) is 11.7. The molecule has 0 saturated heterocycles. The second-order valence-corrected chi connectivity index (χ2v) is 4.58. The van der Waals surface area contributed by atoms with Gasteiger partial charge in [-0.15, -0.1) is 0 Å². The van der Waals surface area contributed by atoms with Gasteiger partial charge in [-0.2, -0.15) is 5.10 Å². The Bertz CT molecular complexity index is 388. The van der Waals surface area contributed by atoms with E-state index in [1.807, 2.05) is 20.8 Å². The van der Waals surface area contributed by atoms with Gasteiger partial charge >= 0.3 is 5.97 Å². The number of esters is 1. The van der Waals surface area contributed by atoms with Crippen molar-refractivity contribution in [2.45, 2.75) is 46.1 Å². The molecule has 5 heteroatoms. The molecule has 96 valence electrons. The maximum Gasteiger partial charge on any atom is 0.330 e. The van der Waals surface area contributed by atoms with Crippen molar-refractivity contribution < 1.29 is 9.53 Å². The van der Waals surface area contributed by atoms with E-state index in [1.165, 1.54) is 0 Å². The van der Waals surface area contributed by atoms with Gasteiger partial charge in [-0.3, -0.25) is 4.68 Å². The van der Waals surface area contributed by atoms with Gasteiger partial charge in [0.2, 0.25) is 0 Å². The van der Waals surface area contributed by atoms with Gasteiger partial charge in [-0.25, -0.2) is 4.79 Å². The summed E-state index contributed by atoms with van der Waals surface area (Å²) in [6.07, 6.45) is 2.33. The van der Waals surface area contributed by atoms with Crippen LogP contribution in [0.25, 0.3) is 0 Å². The standard InChI is InChI=1S/C12H19ClN2O2/c1-5-10(12(16)17-6-2)15-7-9(13)11(14-15)8(3)4/h7-8,10H,5-6H2,1-4H3. The van der Waals surface area contributed by atoms with Gasteiger partial charge in [0, 0.05) is 6.20 Å². The molecular formula is C12H19ClN2O2. The highest BCUT2D eigenvalue weighted by atomic mass is 35.5. The van der Waals surface area contributed by atoms with E-state index < -0.39 is 0 Å². The van der Waals surface area contributed by atoms with E-state index >= 15 is 0 Å². The lowest BCUT2D eigenvalue weighted by atomic mass is 10.1. The molecule has 17 heavy (non-hydrogen) atoms. The Labute approximate surface area is 107 Å². The molecular weight excluding hydrogens is 240 g/mol. The predicted octanol–water partition coefficient (Wildman–Crippen LogP) is 3.17. The molecule has 1 aromatic rings. The second kappa shape index (κ2) is 6.05. The molecule has 0 fully saturated rings. The molecule has 0 amide bonds. The zero-order valence-corrected chi connectivity index (χ0v) is 11.5. The van der Waals surface area contributed by atoms with Crippen LogP contribution in [0.4, 0.5) is 0 Å². The molecule has 0 aliphatic heterocycles. The van der Waals surface area contributed by atoms with Gasteiger partial charge in [0.25, 0.3) is 0 Å². The summed E-state index contributed by atoms with van der Waals surface area (Å²) in [5.74, 6) is -0.0204. The van der Waals surface area contributed by atoms with Crippen molar-refractivity contribution >= 4 is 17.6 Å². The predicted molar refractivity (Wildman–Crippen MR) is 67.3 cm³/mol. The molecule has 0 spiro atoms. The van der Waals surface area contributed by atoms with E-state index in [9.17, 15) is 4.79 Å². The minimum Gasteiger partial charge on any atom is -0.464 e. The van der Waals surface area contributed by atoms with Crippen LogP contribution >= 0.6 is 11.6 Å². The highest BCUT2D eigenvalue weighted by Gasteiger charge is 2.22. The van der Waals surface area contributed by atoms with Crippen LogP contribution in [-0.4, -0.2) is 22.4 Å². The Morgan fingerprint density at radius 3 is 2.59 bits per heavy atom. The van der Waals surface area contributed by atoms with Crippen LogP contribution in [0.3, 0.4) is 0 Å². The molecule has 0 aliphatic carbocycles.